The number of nitriles is 1. The van der Waals surface area contributed by atoms with Crippen LogP contribution in [0.2, 0.25) is 0 Å². The van der Waals surface area contributed by atoms with Crippen molar-refractivity contribution in [3.8, 4) is 6.07 Å². The van der Waals surface area contributed by atoms with Gasteiger partial charge in [-0.2, -0.15) is 5.26 Å². The molecule has 0 radical (unpaired) electrons. The summed E-state index contributed by atoms with van der Waals surface area (Å²) in [4.78, 5) is 17.4. The molecule has 0 unspecified atom stereocenters. The molecule has 146 valence electrons. The Morgan fingerprint density at radius 3 is 2.96 bits per heavy atom. The predicted octanol–water partition coefficient (Wildman–Crippen LogP) is 0.770. The van der Waals surface area contributed by atoms with E-state index in [1.807, 2.05) is 18.2 Å². The molecule has 2 aliphatic heterocycles. The zero-order valence-electron chi connectivity index (χ0n) is 15.9. The SMILES string of the molecule is C[C@@H]1CNC[C@](NC(=O)[C@@H]2C[C@@H](O)CN2)(c2ccc(C#N)c3ncccc23)C1. The number of aromatic nitrogens is 1. The second kappa shape index (κ2) is 7.47. The van der Waals surface area contributed by atoms with Gasteiger partial charge in [-0.3, -0.25) is 9.78 Å². The van der Waals surface area contributed by atoms with Crippen LogP contribution in [0, 0.1) is 17.2 Å². The number of pyridine rings is 1. The van der Waals surface area contributed by atoms with Crippen LogP contribution >= 0.6 is 0 Å². The van der Waals surface area contributed by atoms with Gasteiger partial charge in [0.2, 0.25) is 5.91 Å². The zero-order valence-corrected chi connectivity index (χ0v) is 15.9. The Kier molecular flexibility index (Phi) is 5.02. The summed E-state index contributed by atoms with van der Waals surface area (Å²) in [6.07, 6.45) is 2.40. The third-order valence-corrected chi connectivity index (χ3v) is 5.81. The van der Waals surface area contributed by atoms with E-state index in [1.54, 1.807) is 12.3 Å². The summed E-state index contributed by atoms with van der Waals surface area (Å²) in [6, 6.07) is 9.36. The molecule has 7 heteroatoms. The number of carbonyl (C=O) groups is 1. The molecular weight excluding hydrogens is 354 g/mol. The summed E-state index contributed by atoms with van der Waals surface area (Å²) in [5.74, 6) is 0.271. The van der Waals surface area contributed by atoms with E-state index < -0.39 is 17.7 Å². The van der Waals surface area contributed by atoms with Crippen molar-refractivity contribution >= 4 is 16.8 Å². The van der Waals surface area contributed by atoms with Gasteiger partial charge in [0.25, 0.3) is 0 Å². The minimum atomic E-state index is -0.598. The zero-order chi connectivity index (χ0) is 19.7. The topological polar surface area (TPSA) is 110 Å². The van der Waals surface area contributed by atoms with E-state index in [0.717, 1.165) is 23.9 Å². The van der Waals surface area contributed by atoms with Crippen molar-refractivity contribution in [2.24, 2.45) is 5.92 Å². The van der Waals surface area contributed by atoms with Crippen molar-refractivity contribution < 1.29 is 9.90 Å². The van der Waals surface area contributed by atoms with Gasteiger partial charge in [0.05, 0.1) is 28.8 Å². The summed E-state index contributed by atoms with van der Waals surface area (Å²) < 4.78 is 0. The lowest BCUT2D eigenvalue weighted by Crippen LogP contribution is -2.59. The lowest BCUT2D eigenvalue weighted by molar-refractivity contribution is -0.125. The lowest BCUT2D eigenvalue weighted by Gasteiger charge is -2.42. The van der Waals surface area contributed by atoms with Crippen LogP contribution in [0.25, 0.3) is 10.9 Å². The van der Waals surface area contributed by atoms with E-state index in [-0.39, 0.29) is 5.91 Å². The van der Waals surface area contributed by atoms with Gasteiger partial charge in [-0.25, -0.2) is 0 Å². The van der Waals surface area contributed by atoms with Gasteiger partial charge in [-0.15, -0.1) is 0 Å². The van der Waals surface area contributed by atoms with Crippen LogP contribution in [-0.2, 0) is 10.3 Å². The monoisotopic (exact) mass is 379 g/mol. The number of β-amino-alcohol motifs (C(OH)–C–C–N with tert-alkyl or cyclic N) is 1. The highest BCUT2D eigenvalue weighted by Crippen LogP contribution is 2.36. The maximum Gasteiger partial charge on any atom is 0.237 e. The molecular formula is C21H25N5O2. The maximum atomic E-state index is 13.0. The van der Waals surface area contributed by atoms with Crippen LogP contribution in [0.3, 0.4) is 0 Å². The van der Waals surface area contributed by atoms with E-state index in [1.165, 1.54) is 0 Å². The van der Waals surface area contributed by atoms with Crippen molar-refractivity contribution in [2.75, 3.05) is 19.6 Å². The first-order valence-electron chi connectivity index (χ1n) is 9.75. The molecule has 1 amide bonds. The van der Waals surface area contributed by atoms with E-state index in [0.29, 0.717) is 36.5 Å². The third-order valence-electron chi connectivity index (χ3n) is 5.81. The number of aliphatic hydroxyl groups excluding tert-OH is 1. The number of hydrogen-bond donors (Lipinski definition) is 4. The van der Waals surface area contributed by atoms with Crippen molar-refractivity contribution in [2.45, 2.75) is 37.5 Å². The van der Waals surface area contributed by atoms with Gasteiger partial charge in [0, 0.05) is 24.7 Å². The fourth-order valence-electron chi connectivity index (χ4n) is 4.56. The molecule has 7 nitrogen and oxygen atoms in total. The van der Waals surface area contributed by atoms with Crippen LogP contribution in [0.5, 0.6) is 0 Å². The Morgan fingerprint density at radius 1 is 1.39 bits per heavy atom. The minimum absolute atomic E-state index is 0.103. The molecule has 1 aromatic heterocycles. The Hall–Kier alpha value is -2.53. The minimum Gasteiger partial charge on any atom is -0.392 e. The summed E-state index contributed by atoms with van der Waals surface area (Å²) in [6.45, 7) is 4.09. The van der Waals surface area contributed by atoms with Gasteiger partial charge in [-0.05, 0) is 43.0 Å². The number of benzene rings is 1. The molecule has 28 heavy (non-hydrogen) atoms. The van der Waals surface area contributed by atoms with Crippen molar-refractivity contribution in [1.82, 2.24) is 20.9 Å². The van der Waals surface area contributed by atoms with Crippen molar-refractivity contribution in [3.63, 3.8) is 0 Å². The third kappa shape index (κ3) is 3.35. The first-order valence-corrected chi connectivity index (χ1v) is 9.75. The van der Waals surface area contributed by atoms with Crippen molar-refractivity contribution in [1.29, 1.82) is 5.26 Å². The highest BCUT2D eigenvalue weighted by atomic mass is 16.3. The largest absolute Gasteiger partial charge is 0.392 e. The molecule has 0 aliphatic carbocycles. The van der Waals surface area contributed by atoms with Gasteiger partial charge in [-0.1, -0.05) is 19.1 Å². The number of carbonyl (C=O) groups excluding carboxylic acids is 1. The summed E-state index contributed by atoms with van der Waals surface area (Å²) in [5, 5.41) is 30.0. The van der Waals surface area contributed by atoms with Gasteiger partial charge in [0.1, 0.15) is 6.07 Å². The molecule has 4 rings (SSSR count). The molecule has 4 N–H and O–H groups in total. The standard InChI is InChI=1S/C21H25N5O2/c1-13-8-21(12-23-10-13,26-20(28)18-7-15(27)11-25-18)17-5-4-14(9-22)19-16(17)3-2-6-24-19/h2-6,13,15,18,23,25,27H,7-8,10-12H2,1H3,(H,26,28)/t13-,15+,18-,21-/m0/s1. The summed E-state index contributed by atoms with van der Waals surface area (Å²) >= 11 is 0. The van der Waals surface area contributed by atoms with Gasteiger partial charge < -0.3 is 21.1 Å². The van der Waals surface area contributed by atoms with E-state index in [4.69, 9.17) is 0 Å². The number of aliphatic hydroxyl groups is 1. The molecule has 2 aliphatic rings. The number of piperidine rings is 1. The first-order chi connectivity index (χ1) is 13.5. The molecule has 0 spiro atoms. The van der Waals surface area contributed by atoms with Crippen LogP contribution < -0.4 is 16.0 Å². The Bertz CT molecular complexity index is 940. The fraction of sp³-hybridized carbons (Fsp3) is 0.476. The number of fused-ring (bicyclic) bond motifs is 1. The van der Waals surface area contributed by atoms with Crippen LogP contribution in [0.15, 0.2) is 30.5 Å². The molecule has 2 fully saturated rings. The van der Waals surface area contributed by atoms with E-state index >= 15 is 0 Å². The van der Waals surface area contributed by atoms with Gasteiger partial charge >= 0.3 is 0 Å². The molecule has 2 aromatic rings. The second-order valence-corrected chi connectivity index (χ2v) is 8.03. The summed E-state index contributed by atoms with van der Waals surface area (Å²) in [5.41, 5.74) is 1.56. The number of rotatable bonds is 3. The fourth-order valence-corrected chi connectivity index (χ4v) is 4.56. The molecule has 4 atom stereocenters. The maximum absolute atomic E-state index is 13.0. The highest BCUT2D eigenvalue weighted by molar-refractivity contribution is 5.89. The van der Waals surface area contributed by atoms with E-state index in [2.05, 4.69) is 33.9 Å². The molecule has 0 bridgehead atoms. The Labute approximate surface area is 164 Å². The number of hydrogen-bond acceptors (Lipinski definition) is 6. The van der Waals surface area contributed by atoms with Crippen molar-refractivity contribution in [3.05, 3.63) is 41.6 Å². The molecule has 2 saturated heterocycles. The summed E-state index contributed by atoms with van der Waals surface area (Å²) in [7, 11) is 0. The predicted molar refractivity (Wildman–Crippen MR) is 105 cm³/mol. The van der Waals surface area contributed by atoms with Crippen LogP contribution in [0.1, 0.15) is 30.9 Å². The normalized spacial score (nSPS) is 30.1. The smallest absolute Gasteiger partial charge is 0.237 e. The average Bonchev–Trinajstić information content (AvgIpc) is 3.13. The first kappa shape index (κ1) is 18.8. The van der Waals surface area contributed by atoms with Gasteiger partial charge in [0.15, 0.2) is 0 Å². The Morgan fingerprint density at radius 2 is 2.25 bits per heavy atom. The molecule has 3 heterocycles. The van der Waals surface area contributed by atoms with Crippen LogP contribution in [0.4, 0.5) is 0 Å². The molecule has 1 aromatic carbocycles. The lowest BCUT2D eigenvalue weighted by atomic mass is 9.77. The molecule has 0 saturated carbocycles. The number of nitrogens with one attached hydrogen (secondary N) is 3. The van der Waals surface area contributed by atoms with E-state index in [9.17, 15) is 15.2 Å². The number of amides is 1. The van der Waals surface area contributed by atoms with Crippen LogP contribution in [-0.4, -0.2) is 47.8 Å². The quantitative estimate of drug-likeness (QED) is 0.627. The average molecular weight is 379 g/mol. The second-order valence-electron chi connectivity index (χ2n) is 8.03. The Balaban J connectivity index is 1.78. The number of nitrogens with zero attached hydrogens (tertiary/aromatic N) is 2. The highest BCUT2D eigenvalue weighted by Gasteiger charge is 2.41.